The maximum absolute atomic E-state index is 14.7. The van der Waals surface area contributed by atoms with E-state index in [1.165, 1.54) is 4.90 Å². The Morgan fingerprint density at radius 2 is 1.97 bits per heavy atom. The maximum Gasteiger partial charge on any atom is 0.410 e. The van der Waals surface area contributed by atoms with Crippen molar-refractivity contribution >= 4 is 17.6 Å². The molecule has 2 N–H and O–H groups in total. The number of carbonyl (C=O) groups excluding carboxylic acids is 1. The fourth-order valence-electron chi connectivity index (χ4n) is 3.77. The highest BCUT2D eigenvalue weighted by Crippen LogP contribution is 2.26. The van der Waals surface area contributed by atoms with E-state index in [1.54, 1.807) is 46.9 Å². The predicted octanol–water partition coefficient (Wildman–Crippen LogP) is 3.99. The summed E-state index contributed by atoms with van der Waals surface area (Å²) in [4.78, 5) is 22.8. The zero-order chi connectivity index (χ0) is 24.0. The predicted molar refractivity (Wildman–Crippen MR) is 124 cm³/mol. The molecule has 4 heterocycles. The average Bonchev–Trinajstić information content (AvgIpc) is 3.29. The molecular formula is C24H30FN5O3. The number of hydrogen-bond donors (Lipinski definition) is 2. The van der Waals surface area contributed by atoms with Crippen LogP contribution in [0.5, 0.6) is 0 Å². The number of hydrogen-bond acceptors (Lipinski definition) is 6. The topological polar surface area (TPSA) is 92.0 Å². The minimum atomic E-state index is -1.24. The Morgan fingerprint density at radius 1 is 1.21 bits per heavy atom. The van der Waals surface area contributed by atoms with Crippen LogP contribution in [0, 0.1) is 0 Å². The van der Waals surface area contributed by atoms with E-state index in [2.05, 4.69) is 15.3 Å². The molecule has 33 heavy (non-hydrogen) atoms. The highest BCUT2D eigenvalue weighted by atomic mass is 19.1. The highest BCUT2D eigenvalue weighted by Gasteiger charge is 2.37. The fourth-order valence-corrected chi connectivity index (χ4v) is 3.77. The van der Waals surface area contributed by atoms with Gasteiger partial charge >= 0.3 is 6.09 Å². The first-order valence-electron chi connectivity index (χ1n) is 11.0. The van der Waals surface area contributed by atoms with Gasteiger partial charge in [-0.3, -0.25) is 4.40 Å². The number of ether oxygens (including phenoxy) is 1. The number of rotatable bonds is 4. The summed E-state index contributed by atoms with van der Waals surface area (Å²) in [6, 6.07) is 8.55. The lowest BCUT2D eigenvalue weighted by molar-refractivity contribution is 0.0283. The second-order valence-corrected chi connectivity index (χ2v) is 9.91. The molecule has 0 aliphatic carbocycles. The highest BCUT2D eigenvalue weighted by molar-refractivity contribution is 5.69. The number of anilines is 1. The van der Waals surface area contributed by atoms with E-state index in [0.717, 1.165) is 11.3 Å². The number of nitrogens with one attached hydrogen (secondary N) is 1. The van der Waals surface area contributed by atoms with Gasteiger partial charge in [0.1, 0.15) is 23.2 Å². The molecule has 4 rings (SSSR count). The molecule has 0 radical (unpaired) electrons. The van der Waals surface area contributed by atoms with E-state index >= 15 is 0 Å². The van der Waals surface area contributed by atoms with Gasteiger partial charge in [-0.1, -0.05) is 6.07 Å². The summed E-state index contributed by atoms with van der Waals surface area (Å²) in [7, 11) is 0. The van der Waals surface area contributed by atoms with E-state index < -0.39 is 29.5 Å². The molecule has 176 valence electrons. The van der Waals surface area contributed by atoms with Crippen molar-refractivity contribution in [2.24, 2.45) is 0 Å². The van der Waals surface area contributed by atoms with Crippen molar-refractivity contribution < 1.29 is 19.0 Å². The van der Waals surface area contributed by atoms with Gasteiger partial charge in [0.15, 0.2) is 0 Å². The number of fused-ring (bicyclic) bond motifs is 1. The van der Waals surface area contributed by atoms with Crippen molar-refractivity contribution in [3.63, 3.8) is 0 Å². The summed E-state index contributed by atoms with van der Waals surface area (Å²) >= 11 is 0. The van der Waals surface area contributed by atoms with Crippen molar-refractivity contribution in [1.82, 2.24) is 19.3 Å². The lowest BCUT2D eigenvalue weighted by atomic mass is 10.00. The summed E-state index contributed by atoms with van der Waals surface area (Å²) in [5, 5.41) is 13.4. The third-order valence-electron chi connectivity index (χ3n) is 5.46. The van der Waals surface area contributed by atoms with Gasteiger partial charge in [0.25, 0.3) is 0 Å². The first-order chi connectivity index (χ1) is 15.4. The molecule has 0 saturated carbocycles. The SMILES string of the molecule is CC(C)(C)OC(=O)N1C[C@H](Nc2cccc(-c3cnc4cc(C(C)(C)O)ccn34)n2)[C@@H](F)C1. The molecule has 1 aliphatic rings. The van der Waals surface area contributed by atoms with Crippen molar-refractivity contribution in [2.45, 2.75) is 58.0 Å². The van der Waals surface area contributed by atoms with Crippen LogP contribution in [0.25, 0.3) is 17.0 Å². The number of nitrogens with zero attached hydrogens (tertiary/aromatic N) is 4. The molecule has 3 aromatic rings. The first kappa shape index (κ1) is 23.0. The molecule has 0 bridgehead atoms. The molecule has 0 spiro atoms. The number of likely N-dealkylation sites (tertiary alicyclic amines) is 1. The summed E-state index contributed by atoms with van der Waals surface area (Å²) in [5.41, 5.74) is 1.30. The van der Waals surface area contributed by atoms with Gasteiger partial charge in [-0.2, -0.15) is 0 Å². The minimum Gasteiger partial charge on any atom is -0.444 e. The van der Waals surface area contributed by atoms with Crippen molar-refractivity contribution in [1.29, 1.82) is 0 Å². The van der Waals surface area contributed by atoms with Crippen molar-refractivity contribution in [2.75, 3.05) is 18.4 Å². The molecule has 9 heteroatoms. The average molecular weight is 456 g/mol. The molecule has 1 amide bonds. The van der Waals surface area contributed by atoms with Crippen molar-refractivity contribution in [3.8, 4) is 11.4 Å². The Labute approximate surface area is 192 Å². The Balaban J connectivity index is 1.51. The molecule has 1 fully saturated rings. The molecule has 0 unspecified atom stereocenters. The third kappa shape index (κ3) is 5.08. The number of alkyl halides is 1. The summed E-state index contributed by atoms with van der Waals surface area (Å²) in [6.45, 7) is 8.97. The number of aromatic nitrogens is 3. The third-order valence-corrected chi connectivity index (χ3v) is 5.46. The van der Waals surface area contributed by atoms with Gasteiger partial charge in [0.2, 0.25) is 0 Å². The van der Waals surface area contributed by atoms with E-state index in [-0.39, 0.29) is 13.1 Å². The quantitative estimate of drug-likeness (QED) is 0.618. The van der Waals surface area contributed by atoms with E-state index in [9.17, 15) is 14.3 Å². The van der Waals surface area contributed by atoms with Crippen molar-refractivity contribution in [3.05, 3.63) is 48.3 Å². The van der Waals surface area contributed by atoms with Crippen LogP contribution in [0.1, 0.15) is 40.2 Å². The number of halogens is 1. The number of aliphatic hydroxyl groups is 1. The molecule has 0 aromatic carbocycles. The van der Waals surface area contributed by atoms with Crippen LogP contribution in [-0.4, -0.2) is 61.4 Å². The van der Waals surface area contributed by atoms with Crippen LogP contribution in [0.4, 0.5) is 15.0 Å². The first-order valence-corrected chi connectivity index (χ1v) is 11.0. The number of pyridine rings is 2. The van der Waals surface area contributed by atoms with Gasteiger partial charge < -0.3 is 20.1 Å². The number of carbonyl (C=O) groups is 1. The van der Waals surface area contributed by atoms with Gasteiger partial charge in [0, 0.05) is 12.7 Å². The number of imidazole rings is 1. The van der Waals surface area contributed by atoms with Crippen LogP contribution in [0.2, 0.25) is 0 Å². The summed E-state index contributed by atoms with van der Waals surface area (Å²) in [6.07, 6.45) is 1.80. The fraction of sp³-hybridized carbons (Fsp3) is 0.458. The van der Waals surface area contributed by atoms with Gasteiger partial charge in [-0.25, -0.2) is 19.2 Å². The molecule has 1 saturated heterocycles. The van der Waals surface area contributed by atoms with E-state index in [0.29, 0.717) is 17.2 Å². The smallest absolute Gasteiger partial charge is 0.410 e. The zero-order valence-electron chi connectivity index (χ0n) is 19.5. The van der Waals surface area contributed by atoms with Crippen LogP contribution in [0.15, 0.2) is 42.7 Å². The Bertz CT molecular complexity index is 1160. The largest absolute Gasteiger partial charge is 0.444 e. The summed E-state index contributed by atoms with van der Waals surface area (Å²) in [5.74, 6) is 0.509. The van der Waals surface area contributed by atoms with E-state index in [1.807, 2.05) is 34.9 Å². The second-order valence-electron chi connectivity index (χ2n) is 9.91. The summed E-state index contributed by atoms with van der Waals surface area (Å²) < 4.78 is 21.9. The molecule has 2 atom stereocenters. The lowest BCUT2D eigenvalue weighted by Gasteiger charge is -2.24. The minimum absolute atomic E-state index is 0.0247. The van der Waals surface area contributed by atoms with Gasteiger partial charge in [0.05, 0.1) is 35.8 Å². The Kier molecular flexibility index (Phi) is 5.78. The standard InChI is InChI=1S/C24H30FN5O3/c1-23(2,3)33-22(31)29-13-16(25)18(14-29)28-20-8-6-7-17(27-20)19-12-26-21-11-15(24(4,5)32)9-10-30(19)21/h6-12,16,18,32H,13-14H2,1-5H3,(H,27,28)/t16-,18-/m0/s1. The monoisotopic (exact) mass is 455 g/mol. The normalized spacial score (nSPS) is 19.2. The number of amides is 1. The van der Waals surface area contributed by atoms with Crippen LogP contribution in [-0.2, 0) is 10.3 Å². The lowest BCUT2D eigenvalue weighted by Crippen LogP contribution is -2.36. The Morgan fingerprint density at radius 3 is 2.67 bits per heavy atom. The van der Waals surface area contributed by atoms with Crippen LogP contribution in [0.3, 0.4) is 0 Å². The van der Waals surface area contributed by atoms with Gasteiger partial charge in [-0.15, -0.1) is 0 Å². The molecule has 8 nitrogen and oxygen atoms in total. The maximum atomic E-state index is 14.7. The Hall–Kier alpha value is -3.20. The zero-order valence-corrected chi connectivity index (χ0v) is 19.5. The van der Waals surface area contributed by atoms with E-state index in [4.69, 9.17) is 4.74 Å². The van der Waals surface area contributed by atoms with Gasteiger partial charge in [-0.05, 0) is 64.4 Å². The van der Waals surface area contributed by atoms with Crippen LogP contribution < -0.4 is 5.32 Å². The van der Waals surface area contributed by atoms with Crippen LogP contribution >= 0.6 is 0 Å². The molecular weight excluding hydrogens is 425 g/mol. The second kappa shape index (κ2) is 8.30. The molecule has 1 aliphatic heterocycles. The molecule has 3 aromatic heterocycles.